The number of hydrogen-bond donors (Lipinski definition) is 0. The van der Waals surface area contributed by atoms with Crippen molar-refractivity contribution >= 4 is 19.8 Å². The van der Waals surface area contributed by atoms with Gasteiger partial charge < -0.3 is 27.9 Å². The van der Waals surface area contributed by atoms with Crippen molar-refractivity contribution in [2.45, 2.75) is 251 Å². The molecule has 0 N–H and O–H groups in total. The number of esters is 2. The fourth-order valence-corrected chi connectivity index (χ4v) is 9.35. The van der Waals surface area contributed by atoms with Gasteiger partial charge in [0.25, 0.3) is 7.82 Å². The Balaban J connectivity index is 4.17. The predicted octanol–water partition coefficient (Wildman–Crippen LogP) is 21.5. The van der Waals surface area contributed by atoms with Crippen molar-refractivity contribution in [1.82, 2.24) is 0 Å². The van der Waals surface area contributed by atoms with E-state index in [9.17, 15) is 19.0 Å². The molecule has 0 spiro atoms. The van der Waals surface area contributed by atoms with Crippen molar-refractivity contribution in [3.8, 4) is 0 Å². The molecule has 0 aromatic rings. The highest BCUT2D eigenvalue weighted by Gasteiger charge is 2.22. The van der Waals surface area contributed by atoms with Gasteiger partial charge in [-0.15, -0.1) is 0 Å². The van der Waals surface area contributed by atoms with Crippen LogP contribution in [0.25, 0.3) is 0 Å². The van der Waals surface area contributed by atoms with Crippen molar-refractivity contribution < 1.29 is 42.1 Å². The monoisotopic (exact) mass is 1210 g/mol. The van der Waals surface area contributed by atoms with Crippen LogP contribution in [0.4, 0.5) is 0 Å². The topological polar surface area (TPSA) is 111 Å². The highest BCUT2D eigenvalue weighted by atomic mass is 31.2. The lowest BCUT2D eigenvalue weighted by Crippen LogP contribution is -2.37. The molecule has 2 unspecified atom stereocenters. The van der Waals surface area contributed by atoms with Gasteiger partial charge in [-0.1, -0.05) is 274 Å². The zero-order chi connectivity index (χ0) is 62.6. The Bertz CT molecular complexity index is 2060. The molecule has 2 atom stereocenters. The second-order valence-corrected chi connectivity index (χ2v) is 24.5. The van der Waals surface area contributed by atoms with Gasteiger partial charge in [-0.05, 0) is 128 Å². The van der Waals surface area contributed by atoms with Gasteiger partial charge in [0.1, 0.15) is 19.8 Å². The Morgan fingerprint density at radius 1 is 0.360 bits per heavy atom. The third kappa shape index (κ3) is 68.5. The fraction of sp³-hybridized carbons (Fsp3) is 0.605. The third-order valence-electron chi connectivity index (χ3n) is 13.7. The summed E-state index contributed by atoms with van der Waals surface area (Å²) in [4.78, 5) is 38.1. The number of phosphoric ester groups is 1. The van der Waals surface area contributed by atoms with Crippen LogP contribution in [0.5, 0.6) is 0 Å². The van der Waals surface area contributed by atoms with Crippen LogP contribution >= 0.6 is 7.82 Å². The number of rotatable bonds is 60. The van der Waals surface area contributed by atoms with Gasteiger partial charge in [0, 0.05) is 12.8 Å². The van der Waals surface area contributed by atoms with Crippen LogP contribution in [0, 0.1) is 0 Å². The standard InChI is InChI=1S/C76H124NO8P/c1-6-8-10-12-14-16-18-20-22-24-26-28-30-32-34-36-38-40-42-44-46-48-50-52-54-56-58-60-62-64-66-68-75(78)82-72-74(73-84-86(80,81)83-71-70-77(3,4)5)85-76(79)69-67-65-63-61-59-57-55-53-51-49-47-45-43-41-39-37-35-33-31-29-27-25-23-21-19-17-15-13-11-9-7-2/h8-11,14-17,20-23,26-29,32-35,38-41,44-47,74H,6-7,12-13,18-19,24-25,30-31,36-37,42-43,48-73H2,1-5H3/b10-8-,11-9-,16-14-,17-15-,22-20-,23-21-,28-26-,29-27-,34-32-,35-33-,40-38-,41-39-,46-44-,47-45-. The van der Waals surface area contributed by atoms with Crippen molar-refractivity contribution in [2.75, 3.05) is 47.5 Å². The predicted molar refractivity (Wildman–Crippen MR) is 369 cm³/mol. The summed E-state index contributed by atoms with van der Waals surface area (Å²) in [6.45, 7) is 3.98. The van der Waals surface area contributed by atoms with Gasteiger partial charge in [0.15, 0.2) is 6.10 Å². The SMILES string of the molecule is CC/C=C\C/C=C\C/C=C\C/C=C\C/C=C\C/C=C\C/C=C\CCCCCCCCCCCC(=O)OCC(COP(=O)([O-])OCC[N+](C)(C)C)OC(=O)CCCCCCCCCCC/C=C\C/C=C\C/C=C\C/C=C\C/C=C\C/C=C\C/C=C\CC. The van der Waals surface area contributed by atoms with E-state index in [-0.39, 0.29) is 26.1 Å². The number of quaternary nitrogens is 1. The van der Waals surface area contributed by atoms with Crippen LogP contribution < -0.4 is 4.89 Å². The summed E-state index contributed by atoms with van der Waals surface area (Å²) in [6.07, 6.45) is 98.4. The molecule has 0 fully saturated rings. The number of unbranched alkanes of at least 4 members (excludes halogenated alkanes) is 18. The van der Waals surface area contributed by atoms with Gasteiger partial charge in [-0.3, -0.25) is 14.2 Å². The summed E-state index contributed by atoms with van der Waals surface area (Å²) in [6, 6.07) is 0. The van der Waals surface area contributed by atoms with Crippen molar-refractivity contribution in [3.05, 3.63) is 170 Å². The first-order valence-corrected chi connectivity index (χ1v) is 35.3. The maximum Gasteiger partial charge on any atom is 0.306 e. The largest absolute Gasteiger partial charge is 0.756 e. The molecule has 0 saturated heterocycles. The number of likely N-dealkylation sites (N-methyl/N-ethyl adjacent to an activating group) is 1. The second kappa shape index (κ2) is 64.8. The lowest BCUT2D eigenvalue weighted by atomic mass is 10.1. The van der Waals surface area contributed by atoms with Gasteiger partial charge in [-0.2, -0.15) is 0 Å². The van der Waals surface area contributed by atoms with E-state index in [1.165, 1.54) is 64.2 Å². The Morgan fingerprint density at radius 3 is 0.930 bits per heavy atom. The number of phosphoric acid groups is 1. The Hall–Kier alpha value is -4.63. The van der Waals surface area contributed by atoms with Gasteiger partial charge >= 0.3 is 11.9 Å². The van der Waals surface area contributed by atoms with Crippen molar-refractivity contribution in [1.29, 1.82) is 0 Å². The maximum atomic E-state index is 12.9. The zero-order valence-corrected chi connectivity index (χ0v) is 56.1. The molecule has 0 aromatic heterocycles. The maximum absolute atomic E-state index is 12.9. The fourth-order valence-electron chi connectivity index (χ4n) is 8.62. The molecular formula is C76H124NO8P. The first-order valence-electron chi connectivity index (χ1n) is 33.8. The van der Waals surface area contributed by atoms with Gasteiger partial charge in [-0.25, -0.2) is 0 Å². The Morgan fingerprint density at radius 2 is 0.628 bits per heavy atom. The summed E-state index contributed by atoms with van der Waals surface area (Å²) in [5.41, 5.74) is 0. The van der Waals surface area contributed by atoms with Crippen LogP contribution in [0.2, 0.25) is 0 Å². The smallest absolute Gasteiger partial charge is 0.306 e. The number of carbonyl (C=O) groups is 2. The molecule has 86 heavy (non-hydrogen) atoms. The molecule has 0 aliphatic carbocycles. The summed E-state index contributed by atoms with van der Waals surface area (Å²) >= 11 is 0. The van der Waals surface area contributed by atoms with Crippen LogP contribution in [-0.2, 0) is 32.7 Å². The van der Waals surface area contributed by atoms with Crippen LogP contribution in [0.3, 0.4) is 0 Å². The molecule has 0 radical (unpaired) electrons. The van der Waals surface area contributed by atoms with E-state index < -0.39 is 32.5 Å². The molecule has 0 aliphatic rings. The second-order valence-electron chi connectivity index (χ2n) is 23.1. The molecule has 0 bridgehead atoms. The van der Waals surface area contributed by atoms with E-state index in [4.69, 9.17) is 18.5 Å². The lowest BCUT2D eigenvalue weighted by molar-refractivity contribution is -0.870. The zero-order valence-electron chi connectivity index (χ0n) is 55.2. The molecule has 0 saturated carbocycles. The molecule has 0 aromatic carbocycles. The van der Waals surface area contributed by atoms with E-state index >= 15 is 0 Å². The summed E-state index contributed by atoms with van der Waals surface area (Å²) in [7, 11) is 1.14. The molecule has 0 rings (SSSR count). The summed E-state index contributed by atoms with van der Waals surface area (Å²) in [5.74, 6) is -0.858. The minimum atomic E-state index is -4.66. The molecule has 0 heterocycles. The molecule has 9 nitrogen and oxygen atoms in total. The average molecular weight is 1210 g/mol. The minimum absolute atomic E-state index is 0.0424. The van der Waals surface area contributed by atoms with Crippen LogP contribution in [0.15, 0.2) is 170 Å². The number of nitrogens with zero attached hydrogens (tertiary/aromatic N) is 1. The molecule has 10 heteroatoms. The first-order chi connectivity index (χ1) is 42.0. The minimum Gasteiger partial charge on any atom is -0.756 e. The van der Waals surface area contributed by atoms with E-state index in [1.54, 1.807) is 0 Å². The van der Waals surface area contributed by atoms with Crippen molar-refractivity contribution in [3.63, 3.8) is 0 Å². The highest BCUT2D eigenvalue weighted by Crippen LogP contribution is 2.38. The van der Waals surface area contributed by atoms with E-state index in [0.717, 1.165) is 141 Å². The van der Waals surface area contributed by atoms with Crippen molar-refractivity contribution in [2.24, 2.45) is 0 Å². The third-order valence-corrected chi connectivity index (χ3v) is 14.7. The number of hydrogen-bond acceptors (Lipinski definition) is 8. The van der Waals surface area contributed by atoms with E-state index in [0.29, 0.717) is 23.9 Å². The van der Waals surface area contributed by atoms with E-state index in [1.807, 2.05) is 21.1 Å². The van der Waals surface area contributed by atoms with Gasteiger partial charge in [0.05, 0.1) is 27.7 Å². The Labute approximate surface area is 528 Å². The highest BCUT2D eigenvalue weighted by molar-refractivity contribution is 7.45. The van der Waals surface area contributed by atoms with Crippen LogP contribution in [-0.4, -0.2) is 70.0 Å². The molecule has 486 valence electrons. The molecule has 0 aliphatic heterocycles. The van der Waals surface area contributed by atoms with Crippen LogP contribution in [0.1, 0.15) is 245 Å². The molecule has 0 amide bonds. The summed E-state index contributed by atoms with van der Waals surface area (Å²) in [5, 5.41) is 0. The first kappa shape index (κ1) is 81.4. The number of allylic oxidation sites excluding steroid dienone is 28. The molecular weight excluding hydrogens is 1090 g/mol. The summed E-state index contributed by atoms with van der Waals surface area (Å²) < 4.78 is 34.3. The van der Waals surface area contributed by atoms with E-state index in [2.05, 4.69) is 184 Å². The number of carbonyl (C=O) groups excluding carboxylic acids is 2. The average Bonchev–Trinajstić information content (AvgIpc) is 3.64. The Kier molecular flexibility index (Phi) is 61.3. The lowest BCUT2D eigenvalue weighted by Gasteiger charge is -2.28. The normalized spacial score (nSPS) is 14.3. The quantitative estimate of drug-likeness (QED) is 0.0195. The number of ether oxygens (including phenoxy) is 2. The van der Waals surface area contributed by atoms with Gasteiger partial charge in [0.2, 0.25) is 0 Å².